The average molecular weight is 242 g/mol. The van der Waals surface area contributed by atoms with Crippen LogP contribution in [0, 0.1) is 10.1 Å². The first-order chi connectivity index (χ1) is 8.59. The van der Waals surface area contributed by atoms with Crippen LogP contribution in [0.25, 0.3) is 16.8 Å². The Morgan fingerprint density at radius 3 is 2.56 bits per heavy atom. The minimum Gasteiger partial charge on any atom is -0.383 e. The fraction of sp³-hybridized carbons (Fsp3) is 0.143. The molecule has 0 fully saturated rings. The lowest BCUT2D eigenvalue weighted by Crippen LogP contribution is -2.00. The standard InChI is InChI=1S/C14H14N2O2/c1-15(2)10-9-13-12-6-4-3-5-11(12)7-8-14(13)16(17)18/h3-10H,1-2H3. The van der Waals surface area contributed by atoms with Crippen LogP contribution < -0.4 is 0 Å². The maximum Gasteiger partial charge on any atom is 0.277 e. The Morgan fingerprint density at radius 2 is 1.89 bits per heavy atom. The van der Waals surface area contributed by atoms with Gasteiger partial charge in [-0.15, -0.1) is 0 Å². The fourth-order valence-corrected chi connectivity index (χ4v) is 1.84. The van der Waals surface area contributed by atoms with Gasteiger partial charge in [-0.05, 0) is 29.1 Å². The van der Waals surface area contributed by atoms with Gasteiger partial charge in [0.25, 0.3) is 5.69 Å². The molecule has 4 heteroatoms. The number of hydrogen-bond acceptors (Lipinski definition) is 3. The van der Waals surface area contributed by atoms with Gasteiger partial charge in [-0.2, -0.15) is 0 Å². The number of benzene rings is 2. The molecule has 0 radical (unpaired) electrons. The molecule has 0 atom stereocenters. The molecule has 2 aromatic rings. The largest absolute Gasteiger partial charge is 0.383 e. The third kappa shape index (κ3) is 2.32. The zero-order chi connectivity index (χ0) is 13.1. The van der Waals surface area contributed by atoms with Crippen molar-refractivity contribution >= 4 is 22.5 Å². The SMILES string of the molecule is CN(C)C=Cc1c([N+](=O)[O-])ccc2ccccc12. The van der Waals surface area contributed by atoms with E-state index in [0.717, 1.165) is 10.8 Å². The average Bonchev–Trinajstić information content (AvgIpc) is 2.35. The highest BCUT2D eigenvalue weighted by Crippen LogP contribution is 2.28. The molecule has 0 bridgehead atoms. The molecule has 0 amide bonds. The smallest absolute Gasteiger partial charge is 0.277 e. The van der Waals surface area contributed by atoms with Gasteiger partial charge < -0.3 is 4.90 Å². The lowest BCUT2D eigenvalue weighted by Gasteiger charge is -2.06. The summed E-state index contributed by atoms with van der Waals surface area (Å²) in [5.41, 5.74) is 0.776. The summed E-state index contributed by atoms with van der Waals surface area (Å²) in [7, 11) is 3.76. The van der Waals surface area contributed by atoms with Gasteiger partial charge in [0.05, 0.1) is 10.5 Å². The molecule has 18 heavy (non-hydrogen) atoms. The second-order valence-electron chi connectivity index (χ2n) is 4.26. The number of nitro benzene ring substituents is 1. The van der Waals surface area contributed by atoms with Crippen molar-refractivity contribution in [2.45, 2.75) is 0 Å². The van der Waals surface area contributed by atoms with E-state index in [0.29, 0.717) is 5.56 Å². The summed E-state index contributed by atoms with van der Waals surface area (Å²) in [5.74, 6) is 0. The lowest BCUT2D eigenvalue weighted by atomic mass is 10.0. The van der Waals surface area contributed by atoms with E-state index >= 15 is 0 Å². The molecule has 0 N–H and O–H groups in total. The minimum atomic E-state index is -0.345. The Morgan fingerprint density at radius 1 is 1.17 bits per heavy atom. The van der Waals surface area contributed by atoms with Gasteiger partial charge in [-0.25, -0.2) is 0 Å². The summed E-state index contributed by atoms with van der Waals surface area (Å²) < 4.78 is 0. The summed E-state index contributed by atoms with van der Waals surface area (Å²) in [6, 6.07) is 11.0. The molecule has 92 valence electrons. The van der Waals surface area contributed by atoms with Crippen molar-refractivity contribution in [1.29, 1.82) is 0 Å². The molecule has 0 aliphatic heterocycles. The molecule has 0 unspecified atom stereocenters. The predicted molar refractivity (Wildman–Crippen MR) is 73.3 cm³/mol. The van der Waals surface area contributed by atoms with Crippen molar-refractivity contribution in [3.63, 3.8) is 0 Å². The van der Waals surface area contributed by atoms with Crippen LogP contribution in [0.2, 0.25) is 0 Å². The lowest BCUT2D eigenvalue weighted by molar-refractivity contribution is -0.384. The highest BCUT2D eigenvalue weighted by atomic mass is 16.6. The van der Waals surface area contributed by atoms with Gasteiger partial charge in [-0.1, -0.05) is 24.3 Å². The van der Waals surface area contributed by atoms with E-state index in [1.807, 2.05) is 49.5 Å². The molecule has 4 nitrogen and oxygen atoms in total. The number of nitrogens with zero attached hydrogens (tertiary/aromatic N) is 2. The Kier molecular flexibility index (Phi) is 3.28. The van der Waals surface area contributed by atoms with Gasteiger partial charge >= 0.3 is 0 Å². The molecule has 0 aliphatic rings. The number of fused-ring (bicyclic) bond motifs is 1. The molecule has 0 aromatic heterocycles. The molecule has 2 rings (SSSR count). The van der Waals surface area contributed by atoms with Crippen molar-refractivity contribution < 1.29 is 4.92 Å². The van der Waals surface area contributed by atoms with E-state index in [1.165, 1.54) is 0 Å². The van der Waals surface area contributed by atoms with Crippen LogP contribution in [0.3, 0.4) is 0 Å². The van der Waals surface area contributed by atoms with E-state index in [-0.39, 0.29) is 10.6 Å². The first-order valence-corrected chi connectivity index (χ1v) is 5.60. The summed E-state index contributed by atoms with van der Waals surface area (Å²) in [6.07, 6.45) is 3.59. The summed E-state index contributed by atoms with van der Waals surface area (Å²) in [6.45, 7) is 0. The van der Waals surface area contributed by atoms with Crippen LogP contribution in [0.5, 0.6) is 0 Å². The summed E-state index contributed by atoms with van der Waals surface area (Å²) >= 11 is 0. The van der Waals surface area contributed by atoms with Gasteiger partial charge in [0.15, 0.2) is 0 Å². The molecule has 0 heterocycles. The van der Waals surface area contributed by atoms with Crippen LogP contribution in [0.1, 0.15) is 5.56 Å². The molecule has 2 aromatic carbocycles. The van der Waals surface area contributed by atoms with Crippen LogP contribution >= 0.6 is 0 Å². The third-order valence-electron chi connectivity index (χ3n) is 2.68. The van der Waals surface area contributed by atoms with Crippen molar-refractivity contribution in [3.8, 4) is 0 Å². The van der Waals surface area contributed by atoms with Crippen LogP contribution in [-0.4, -0.2) is 23.9 Å². The van der Waals surface area contributed by atoms with E-state index in [4.69, 9.17) is 0 Å². The van der Waals surface area contributed by atoms with Crippen molar-refractivity contribution in [1.82, 2.24) is 4.90 Å². The Hall–Kier alpha value is -2.36. The first kappa shape index (κ1) is 12.1. The minimum absolute atomic E-state index is 0.131. The highest BCUT2D eigenvalue weighted by Gasteiger charge is 2.14. The first-order valence-electron chi connectivity index (χ1n) is 5.60. The zero-order valence-corrected chi connectivity index (χ0v) is 10.3. The molecule has 0 aliphatic carbocycles. The Balaban J connectivity index is 2.70. The van der Waals surface area contributed by atoms with Crippen LogP contribution in [-0.2, 0) is 0 Å². The van der Waals surface area contributed by atoms with E-state index < -0.39 is 0 Å². The maximum atomic E-state index is 11.1. The Labute approximate surface area is 105 Å². The zero-order valence-electron chi connectivity index (χ0n) is 10.3. The molecule has 0 saturated heterocycles. The molecule has 0 spiro atoms. The fourth-order valence-electron chi connectivity index (χ4n) is 1.84. The van der Waals surface area contributed by atoms with Gasteiger partial charge in [0.1, 0.15) is 0 Å². The number of nitro groups is 1. The second kappa shape index (κ2) is 4.87. The van der Waals surface area contributed by atoms with Crippen molar-refractivity contribution in [3.05, 3.63) is 58.3 Å². The van der Waals surface area contributed by atoms with E-state index in [2.05, 4.69) is 0 Å². The summed E-state index contributed by atoms with van der Waals surface area (Å²) in [4.78, 5) is 12.6. The van der Waals surface area contributed by atoms with Gasteiger partial charge in [0.2, 0.25) is 0 Å². The molecular formula is C14H14N2O2. The van der Waals surface area contributed by atoms with Crippen molar-refractivity contribution in [2.75, 3.05) is 14.1 Å². The summed E-state index contributed by atoms with van der Waals surface area (Å²) in [5, 5.41) is 13.0. The number of rotatable bonds is 3. The monoisotopic (exact) mass is 242 g/mol. The second-order valence-corrected chi connectivity index (χ2v) is 4.26. The maximum absolute atomic E-state index is 11.1. The normalized spacial score (nSPS) is 11.0. The number of hydrogen-bond donors (Lipinski definition) is 0. The predicted octanol–water partition coefficient (Wildman–Crippen LogP) is 3.28. The van der Waals surface area contributed by atoms with Gasteiger partial charge in [-0.3, -0.25) is 10.1 Å². The molecular weight excluding hydrogens is 228 g/mol. The molecule has 0 saturated carbocycles. The van der Waals surface area contributed by atoms with Crippen LogP contribution in [0.15, 0.2) is 42.6 Å². The topological polar surface area (TPSA) is 46.4 Å². The Bertz CT molecular complexity index is 618. The van der Waals surface area contributed by atoms with Gasteiger partial charge in [0, 0.05) is 20.2 Å². The quantitative estimate of drug-likeness (QED) is 0.613. The van der Waals surface area contributed by atoms with E-state index in [1.54, 1.807) is 18.2 Å². The van der Waals surface area contributed by atoms with Crippen molar-refractivity contribution in [2.24, 2.45) is 0 Å². The highest BCUT2D eigenvalue weighted by molar-refractivity contribution is 5.94. The van der Waals surface area contributed by atoms with Crippen LogP contribution in [0.4, 0.5) is 5.69 Å². The van der Waals surface area contributed by atoms with E-state index in [9.17, 15) is 10.1 Å². The third-order valence-corrected chi connectivity index (χ3v) is 2.68.